The maximum atomic E-state index is 5.91. The van der Waals surface area contributed by atoms with Crippen molar-refractivity contribution in [2.24, 2.45) is 5.92 Å². The number of piperidine rings is 1. The molecule has 1 aromatic carbocycles. The fourth-order valence-corrected chi connectivity index (χ4v) is 3.49. The van der Waals surface area contributed by atoms with Gasteiger partial charge in [0.2, 0.25) is 5.89 Å². The van der Waals surface area contributed by atoms with Gasteiger partial charge in [-0.3, -0.25) is 9.80 Å². The molecule has 0 saturated carbocycles. The second-order valence-corrected chi connectivity index (χ2v) is 7.44. The summed E-state index contributed by atoms with van der Waals surface area (Å²) in [5, 5.41) is 3.94. The van der Waals surface area contributed by atoms with Crippen molar-refractivity contribution in [2.75, 3.05) is 33.3 Å². The quantitative estimate of drug-likeness (QED) is 0.723. The van der Waals surface area contributed by atoms with Crippen LogP contribution in [0.1, 0.15) is 37.0 Å². The van der Waals surface area contributed by atoms with E-state index in [4.69, 9.17) is 9.26 Å². The van der Waals surface area contributed by atoms with Gasteiger partial charge in [0.1, 0.15) is 12.4 Å². The highest BCUT2D eigenvalue weighted by Gasteiger charge is 2.15. The maximum absolute atomic E-state index is 5.91. The summed E-state index contributed by atoms with van der Waals surface area (Å²) in [6.45, 7) is 9.82. The van der Waals surface area contributed by atoms with Crippen LogP contribution in [0.3, 0.4) is 0 Å². The summed E-state index contributed by atoms with van der Waals surface area (Å²) < 4.78 is 10.9. The molecule has 0 bridgehead atoms. The summed E-state index contributed by atoms with van der Waals surface area (Å²) in [6.07, 6.45) is 2.67. The minimum atomic E-state index is 0.605. The van der Waals surface area contributed by atoms with Crippen molar-refractivity contribution in [3.8, 4) is 5.75 Å². The van der Waals surface area contributed by atoms with Crippen LogP contribution in [-0.4, -0.2) is 53.2 Å². The Hall–Kier alpha value is -1.92. The molecule has 1 aliphatic heterocycles. The van der Waals surface area contributed by atoms with Gasteiger partial charge in [-0.2, -0.15) is 4.98 Å². The van der Waals surface area contributed by atoms with Crippen molar-refractivity contribution in [2.45, 2.75) is 39.8 Å². The van der Waals surface area contributed by atoms with Crippen LogP contribution in [0.15, 0.2) is 28.8 Å². The van der Waals surface area contributed by atoms with Crippen LogP contribution in [0.4, 0.5) is 0 Å². The number of nitrogens with zero attached hydrogens (tertiary/aromatic N) is 4. The largest absolute Gasteiger partial charge is 0.492 e. The molecule has 3 rings (SSSR count). The van der Waals surface area contributed by atoms with E-state index in [2.05, 4.69) is 58.2 Å². The first-order chi connectivity index (χ1) is 12.6. The Kier molecular flexibility index (Phi) is 6.63. The first-order valence-electron chi connectivity index (χ1n) is 9.50. The first kappa shape index (κ1) is 18.9. The van der Waals surface area contributed by atoms with Gasteiger partial charge in [0.15, 0.2) is 5.82 Å². The molecule has 0 radical (unpaired) electrons. The molecule has 26 heavy (non-hydrogen) atoms. The molecule has 0 N–H and O–H groups in total. The van der Waals surface area contributed by atoms with Crippen LogP contribution in [0.5, 0.6) is 5.75 Å². The predicted octanol–water partition coefficient (Wildman–Crippen LogP) is 3.12. The smallest absolute Gasteiger partial charge is 0.223 e. The van der Waals surface area contributed by atoms with Crippen molar-refractivity contribution in [3.05, 3.63) is 41.5 Å². The van der Waals surface area contributed by atoms with Gasteiger partial charge in [-0.05, 0) is 50.0 Å². The highest BCUT2D eigenvalue weighted by atomic mass is 16.5. The zero-order chi connectivity index (χ0) is 18.4. The molecule has 1 atom stereocenters. The van der Waals surface area contributed by atoms with Crippen LogP contribution in [0.25, 0.3) is 0 Å². The molecule has 6 nitrogen and oxygen atoms in total. The van der Waals surface area contributed by atoms with Crippen molar-refractivity contribution < 1.29 is 9.26 Å². The zero-order valence-electron chi connectivity index (χ0n) is 16.1. The van der Waals surface area contributed by atoms with Gasteiger partial charge >= 0.3 is 0 Å². The van der Waals surface area contributed by atoms with E-state index < -0.39 is 0 Å². The molecule has 142 valence electrons. The Morgan fingerprint density at radius 2 is 2.08 bits per heavy atom. The highest BCUT2D eigenvalue weighted by molar-refractivity contribution is 5.27. The minimum Gasteiger partial charge on any atom is -0.492 e. The number of aryl methyl sites for hydroxylation is 1. The van der Waals surface area contributed by atoms with Gasteiger partial charge in [-0.25, -0.2) is 0 Å². The van der Waals surface area contributed by atoms with Gasteiger partial charge in [-0.15, -0.1) is 0 Å². The number of hydrogen-bond donors (Lipinski definition) is 0. The van der Waals surface area contributed by atoms with Gasteiger partial charge in [0, 0.05) is 26.6 Å². The molecule has 0 spiro atoms. The average molecular weight is 358 g/mol. The van der Waals surface area contributed by atoms with Crippen molar-refractivity contribution in [1.82, 2.24) is 19.9 Å². The molecule has 1 fully saturated rings. The standard InChI is InChI=1S/C20H30N4O2/c1-16-5-4-10-24(13-16)11-12-25-19-8-6-18(7-9-19)14-23(3)15-20-21-17(2)26-22-20/h6-9,16H,4-5,10-15H2,1-3H3. The maximum Gasteiger partial charge on any atom is 0.223 e. The van der Waals surface area contributed by atoms with Crippen LogP contribution < -0.4 is 4.74 Å². The summed E-state index contributed by atoms with van der Waals surface area (Å²) in [6, 6.07) is 8.35. The van der Waals surface area contributed by atoms with Crippen LogP contribution >= 0.6 is 0 Å². The van der Waals surface area contributed by atoms with Crippen molar-refractivity contribution in [1.29, 1.82) is 0 Å². The van der Waals surface area contributed by atoms with Gasteiger partial charge < -0.3 is 9.26 Å². The molecular weight excluding hydrogens is 328 g/mol. The molecular formula is C20H30N4O2. The number of likely N-dealkylation sites (tertiary alicyclic amines) is 1. The number of ether oxygens (including phenoxy) is 1. The monoisotopic (exact) mass is 358 g/mol. The average Bonchev–Trinajstić information content (AvgIpc) is 3.01. The van der Waals surface area contributed by atoms with Gasteiger partial charge in [-0.1, -0.05) is 24.2 Å². The summed E-state index contributed by atoms with van der Waals surface area (Å²) in [5.74, 6) is 3.08. The molecule has 1 aromatic heterocycles. The van der Waals surface area contributed by atoms with E-state index in [1.807, 2.05) is 0 Å². The summed E-state index contributed by atoms with van der Waals surface area (Å²) in [5.41, 5.74) is 1.24. The van der Waals surface area contributed by atoms with E-state index >= 15 is 0 Å². The first-order valence-corrected chi connectivity index (χ1v) is 9.50. The van der Waals surface area contributed by atoms with Crippen LogP contribution in [0.2, 0.25) is 0 Å². The van der Waals surface area contributed by atoms with E-state index in [9.17, 15) is 0 Å². The summed E-state index contributed by atoms with van der Waals surface area (Å²) >= 11 is 0. The lowest BCUT2D eigenvalue weighted by Gasteiger charge is -2.30. The number of rotatable bonds is 8. The summed E-state index contributed by atoms with van der Waals surface area (Å²) in [4.78, 5) is 8.92. The van der Waals surface area contributed by atoms with Gasteiger partial charge in [0.05, 0.1) is 6.54 Å². The molecule has 6 heteroatoms. The van der Waals surface area contributed by atoms with Crippen molar-refractivity contribution in [3.63, 3.8) is 0 Å². The molecule has 1 aliphatic rings. The fourth-order valence-electron chi connectivity index (χ4n) is 3.49. The third-order valence-corrected chi connectivity index (χ3v) is 4.77. The van der Waals surface area contributed by atoms with E-state index in [1.165, 1.54) is 31.5 Å². The molecule has 1 unspecified atom stereocenters. The summed E-state index contributed by atoms with van der Waals surface area (Å²) in [7, 11) is 2.05. The molecule has 2 heterocycles. The minimum absolute atomic E-state index is 0.605. The SMILES string of the molecule is Cc1nc(CN(C)Cc2ccc(OCCN3CCCC(C)C3)cc2)no1. The lowest BCUT2D eigenvalue weighted by atomic mass is 10.0. The van der Waals surface area contributed by atoms with Crippen LogP contribution in [-0.2, 0) is 13.1 Å². The van der Waals surface area contributed by atoms with Crippen molar-refractivity contribution >= 4 is 0 Å². The Morgan fingerprint density at radius 1 is 1.27 bits per heavy atom. The Bertz CT molecular complexity index is 671. The van der Waals surface area contributed by atoms with Crippen LogP contribution in [0, 0.1) is 12.8 Å². The Labute approximate surface area is 156 Å². The normalized spacial score (nSPS) is 18.4. The molecule has 1 saturated heterocycles. The molecule has 0 amide bonds. The topological polar surface area (TPSA) is 54.6 Å². The second-order valence-electron chi connectivity index (χ2n) is 7.44. The second kappa shape index (κ2) is 9.14. The van der Waals surface area contributed by atoms with E-state index in [1.54, 1.807) is 6.92 Å². The van der Waals surface area contributed by atoms with E-state index in [-0.39, 0.29) is 0 Å². The predicted molar refractivity (Wildman–Crippen MR) is 101 cm³/mol. The lowest BCUT2D eigenvalue weighted by molar-refractivity contribution is 0.153. The zero-order valence-corrected chi connectivity index (χ0v) is 16.1. The highest BCUT2D eigenvalue weighted by Crippen LogP contribution is 2.16. The third kappa shape index (κ3) is 5.81. The number of benzene rings is 1. The third-order valence-electron chi connectivity index (χ3n) is 4.77. The Balaban J connectivity index is 1.40. The molecule has 2 aromatic rings. The lowest BCUT2D eigenvalue weighted by Crippen LogP contribution is -2.37. The number of hydrogen-bond acceptors (Lipinski definition) is 6. The number of aromatic nitrogens is 2. The van der Waals surface area contributed by atoms with E-state index in [0.717, 1.165) is 37.2 Å². The fraction of sp³-hybridized carbons (Fsp3) is 0.600. The molecule has 0 aliphatic carbocycles. The Morgan fingerprint density at radius 3 is 2.77 bits per heavy atom. The van der Waals surface area contributed by atoms with Gasteiger partial charge in [0.25, 0.3) is 0 Å². The van der Waals surface area contributed by atoms with E-state index in [0.29, 0.717) is 12.4 Å².